The summed E-state index contributed by atoms with van der Waals surface area (Å²) in [5.41, 5.74) is 4.59. The van der Waals surface area contributed by atoms with Crippen molar-refractivity contribution in [3.8, 4) is 0 Å². The summed E-state index contributed by atoms with van der Waals surface area (Å²) >= 11 is 0. The topological polar surface area (TPSA) is 94.3 Å². The van der Waals surface area contributed by atoms with Crippen LogP contribution < -0.4 is 10.6 Å². The van der Waals surface area contributed by atoms with Crippen LogP contribution in [0.15, 0.2) is 48.5 Å². The summed E-state index contributed by atoms with van der Waals surface area (Å²) in [6.07, 6.45) is 6.60. The molecule has 0 unspecified atom stereocenters. The Kier molecular flexibility index (Phi) is 6.46. The van der Waals surface area contributed by atoms with Crippen LogP contribution in [0.3, 0.4) is 0 Å². The number of hydrogen-bond acceptors (Lipinski definition) is 3. The molecule has 1 aliphatic carbocycles. The highest BCUT2D eigenvalue weighted by atomic mass is 16.2. The van der Waals surface area contributed by atoms with Crippen LogP contribution in [0.2, 0.25) is 0 Å². The number of carbonyl (C=O) groups is 3. The molecule has 0 spiro atoms. The fourth-order valence-corrected chi connectivity index (χ4v) is 6.63. The van der Waals surface area contributed by atoms with E-state index >= 15 is 0 Å². The number of hydrogen-bond donors (Lipinski definition) is 3. The van der Waals surface area contributed by atoms with Gasteiger partial charge in [0.25, 0.3) is 5.91 Å². The number of H-pyrrole nitrogens is 1. The molecular formula is C31H36N4O3. The minimum atomic E-state index is -0.708. The van der Waals surface area contributed by atoms with Gasteiger partial charge in [0.1, 0.15) is 12.1 Å². The third kappa shape index (κ3) is 4.08. The van der Waals surface area contributed by atoms with E-state index in [1.807, 2.05) is 56.3 Å². The number of para-hydroxylation sites is 1. The largest absolute Gasteiger partial charge is 0.356 e. The molecule has 0 saturated heterocycles. The van der Waals surface area contributed by atoms with E-state index in [1.165, 1.54) is 6.42 Å². The van der Waals surface area contributed by atoms with E-state index in [4.69, 9.17) is 0 Å². The molecule has 1 aromatic heterocycles. The summed E-state index contributed by atoms with van der Waals surface area (Å²) < 4.78 is 0. The molecule has 3 heterocycles. The average molecular weight is 513 g/mol. The normalized spacial score (nSPS) is 22.4. The van der Waals surface area contributed by atoms with Gasteiger partial charge < -0.3 is 20.5 Å². The van der Waals surface area contributed by atoms with Crippen molar-refractivity contribution >= 4 is 28.6 Å². The van der Waals surface area contributed by atoms with Crippen LogP contribution in [0, 0.1) is 5.92 Å². The number of aromatic nitrogens is 1. The van der Waals surface area contributed by atoms with Gasteiger partial charge in [0.15, 0.2) is 0 Å². The first-order chi connectivity index (χ1) is 18.5. The Morgan fingerprint density at radius 2 is 1.79 bits per heavy atom. The van der Waals surface area contributed by atoms with Gasteiger partial charge in [0.05, 0.1) is 6.04 Å². The number of aromatic amines is 1. The molecule has 6 rings (SSSR count). The smallest absolute Gasteiger partial charge is 0.255 e. The number of fused-ring (bicyclic) bond motifs is 7. The highest BCUT2D eigenvalue weighted by Crippen LogP contribution is 2.46. The highest BCUT2D eigenvalue weighted by molar-refractivity contribution is 6.04. The summed E-state index contributed by atoms with van der Waals surface area (Å²) in [6.45, 7) is 4.04. The highest BCUT2D eigenvalue weighted by Gasteiger charge is 2.49. The second-order valence-electron chi connectivity index (χ2n) is 11.2. The molecule has 3 N–H and O–H groups in total. The first kappa shape index (κ1) is 24.7. The molecule has 4 atom stereocenters. The number of nitrogens with zero attached hydrogens (tertiary/aromatic N) is 1. The van der Waals surface area contributed by atoms with Crippen molar-refractivity contribution in [3.63, 3.8) is 0 Å². The fourth-order valence-electron chi connectivity index (χ4n) is 6.63. The van der Waals surface area contributed by atoms with Gasteiger partial charge in [-0.2, -0.15) is 0 Å². The van der Waals surface area contributed by atoms with Crippen LogP contribution in [-0.4, -0.2) is 45.7 Å². The van der Waals surface area contributed by atoms with Crippen LogP contribution in [-0.2, 0) is 16.0 Å². The van der Waals surface area contributed by atoms with Gasteiger partial charge in [-0.05, 0) is 42.0 Å². The first-order valence-corrected chi connectivity index (χ1v) is 14.1. The van der Waals surface area contributed by atoms with Crippen LogP contribution in [0.25, 0.3) is 10.9 Å². The molecule has 1 saturated carbocycles. The number of amides is 3. The summed E-state index contributed by atoms with van der Waals surface area (Å²) in [5, 5.41) is 7.39. The van der Waals surface area contributed by atoms with E-state index in [2.05, 4.69) is 21.7 Å². The standard InChI is InChI=1S/C31H36N4O3/c1-3-18(2)26(30(37)32-19-11-5-4-6-12-19)34-29(36)25-17-23-20-13-9-10-16-24(20)33-27(23)28-21-14-7-8-15-22(21)31(38)35(25)28/h7-10,13-16,18-19,25-26,28,33H,3-6,11-12,17H2,1-2H3,(H,32,37)(H,34,36)/t18-,25+,26+,28+/m1/s1. The van der Waals surface area contributed by atoms with Crippen molar-refractivity contribution in [2.45, 2.75) is 83.0 Å². The minimum Gasteiger partial charge on any atom is -0.356 e. The lowest BCUT2D eigenvalue weighted by Crippen LogP contribution is -2.58. The molecule has 0 radical (unpaired) electrons. The van der Waals surface area contributed by atoms with Gasteiger partial charge >= 0.3 is 0 Å². The molecule has 1 fully saturated rings. The fraction of sp³-hybridized carbons (Fsp3) is 0.452. The van der Waals surface area contributed by atoms with Gasteiger partial charge in [-0.3, -0.25) is 14.4 Å². The summed E-state index contributed by atoms with van der Waals surface area (Å²) in [4.78, 5) is 46.4. The average Bonchev–Trinajstić information content (AvgIpc) is 3.46. The van der Waals surface area contributed by atoms with Crippen molar-refractivity contribution in [1.29, 1.82) is 0 Å². The molecule has 7 nitrogen and oxygen atoms in total. The van der Waals surface area contributed by atoms with E-state index in [0.29, 0.717) is 12.0 Å². The van der Waals surface area contributed by atoms with Gasteiger partial charge in [0.2, 0.25) is 11.8 Å². The second-order valence-corrected chi connectivity index (χ2v) is 11.2. The zero-order valence-electron chi connectivity index (χ0n) is 22.1. The predicted octanol–water partition coefficient (Wildman–Crippen LogP) is 4.62. The third-order valence-electron chi connectivity index (χ3n) is 8.90. The zero-order valence-corrected chi connectivity index (χ0v) is 22.1. The monoisotopic (exact) mass is 512 g/mol. The Labute approximate surface area is 223 Å². The Morgan fingerprint density at radius 1 is 1.05 bits per heavy atom. The molecular weight excluding hydrogens is 476 g/mol. The molecule has 198 valence electrons. The van der Waals surface area contributed by atoms with Gasteiger partial charge in [-0.1, -0.05) is 75.9 Å². The van der Waals surface area contributed by atoms with Crippen LogP contribution in [0.5, 0.6) is 0 Å². The molecule has 3 aliphatic rings. The third-order valence-corrected chi connectivity index (χ3v) is 8.90. The van der Waals surface area contributed by atoms with Crippen LogP contribution in [0.1, 0.15) is 85.6 Å². The van der Waals surface area contributed by atoms with Gasteiger partial charge in [-0.25, -0.2) is 0 Å². The predicted molar refractivity (Wildman–Crippen MR) is 147 cm³/mol. The van der Waals surface area contributed by atoms with Crippen molar-refractivity contribution in [2.24, 2.45) is 5.92 Å². The number of carbonyl (C=O) groups excluding carboxylic acids is 3. The molecule has 2 aliphatic heterocycles. The van der Waals surface area contributed by atoms with E-state index < -0.39 is 12.1 Å². The van der Waals surface area contributed by atoms with Gasteiger partial charge in [0, 0.05) is 34.6 Å². The SMILES string of the molecule is CC[C@@H](C)[C@H](NC(=O)[C@@H]1Cc2c([nH]c3ccccc23)[C@@H]2c3ccccc3C(=O)N21)C(=O)NC1CCCCC1. The number of nitrogens with one attached hydrogen (secondary N) is 3. The summed E-state index contributed by atoms with van der Waals surface area (Å²) in [7, 11) is 0. The van der Waals surface area contributed by atoms with Crippen molar-refractivity contribution in [3.05, 3.63) is 70.9 Å². The van der Waals surface area contributed by atoms with Crippen LogP contribution in [0.4, 0.5) is 0 Å². The van der Waals surface area contributed by atoms with E-state index in [1.54, 1.807) is 4.90 Å². The van der Waals surface area contributed by atoms with Crippen LogP contribution >= 0.6 is 0 Å². The quantitative estimate of drug-likeness (QED) is 0.450. The van der Waals surface area contributed by atoms with Crippen molar-refractivity contribution < 1.29 is 14.4 Å². The molecule has 0 bridgehead atoms. The molecule has 7 heteroatoms. The lowest BCUT2D eigenvalue weighted by molar-refractivity contribution is -0.133. The molecule has 2 aromatic carbocycles. The summed E-state index contributed by atoms with van der Waals surface area (Å²) in [6, 6.07) is 14.2. The maximum absolute atomic E-state index is 14.0. The maximum Gasteiger partial charge on any atom is 0.255 e. The Balaban J connectivity index is 1.34. The van der Waals surface area contributed by atoms with E-state index in [-0.39, 0.29) is 35.7 Å². The summed E-state index contributed by atoms with van der Waals surface area (Å²) in [5.74, 6) is -0.550. The lowest BCUT2D eigenvalue weighted by Gasteiger charge is -2.38. The molecule has 3 aromatic rings. The lowest BCUT2D eigenvalue weighted by atomic mass is 9.89. The minimum absolute atomic E-state index is 0.0305. The zero-order chi connectivity index (χ0) is 26.4. The Morgan fingerprint density at radius 3 is 2.58 bits per heavy atom. The first-order valence-electron chi connectivity index (χ1n) is 14.1. The number of benzene rings is 2. The van der Waals surface area contributed by atoms with Crippen molar-refractivity contribution in [1.82, 2.24) is 20.5 Å². The maximum atomic E-state index is 14.0. The van der Waals surface area contributed by atoms with E-state index in [0.717, 1.165) is 59.8 Å². The van der Waals surface area contributed by atoms with Crippen molar-refractivity contribution in [2.75, 3.05) is 0 Å². The molecule has 3 amide bonds. The molecule has 38 heavy (non-hydrogen) atoms. The van der Waals surface area contributed by atoms with Gasteiger partial charge in [-0.15, -0.1) is 0 Å². The second kappa shape index (κ2) is 9.93. The van der Waals surface area contributed by atoms with E-state index in [9.17, 15) is 14.4 Å². The Hall–Kier alpha value is -3.61. The number of rotatable bonds is 6. The Bertz CT molecular complexity index is 1390.